The average Bonchev–Trinajstić information content (AvgIpc) is 2.97. The van der Waals surface area contributed by atoms with Crippen LogP contribution < -0.4 is 5.32 Å². The second-order valence-electron chi connectivity index (χ2n) is 8.10. The molecule has 2 heterocycles. The summed E-state index contributed by atoms with van der Waals surface area (Å²) in [4.78, 5) is 0. The zero-order valence-electron chi connectivity index (χ0n) is 17.4. The molecular formula is C27H27N3. The third-order valence-electron chi connectivity index (χ3n) is 5.98. The van der Waals surface area contributed by atoms with Crippen molar-refractivity contribution in [3.8, 4) is 5.69 Å². The Labute approximate surface area is 178 Å². The van der Waals surface area contributed by atoms with Gasteiger partial charge in [-0.25, -0.2) is 4.68 Å². The molecule has 1 aliphatic heterocycles. The van der Waals surface area contributed by atoms with Crippen molar-refractivity contribution >= 4 is 5.82 Å². The van der Waals surface area contributed by atoms with Crippen LogP contribution in [0.4, 0.5) is 5.82 Å². The molecular weight excluding hydrogens is 366 g/mol. The highest BCUT2D eigenvalue weighted by Crippen LogP contribution is 2.38. The molecule has 0 saturated carbocycles. The number of nitrogens with one attached hydrogen (secondary N) is 1. The topological polar surface area (TPSA) is 29.9 Å². The average molecular weight is 394 g/mol. The Balaban J connectivity index is 1.72. The first-order valence-electron chi connectivity index (χ1n) is 10.8. The number of fused-ring (bicyclic) bond motifs is 1. The molecule has 0 spiro atoms. The lowest BCUT2D eigenvalue weighted by molar-refractivity contribution is 0.754. The second-order valence-corrected chi connectivity index (χ2v) is 8.10. The van der Waals surface area contributed by atoms with Crippen LogP contribution in [0.5, 0.6) is 0 Å². The molecule has 0 aliphatic carbocycles. The summed E-state index contributed by atoms with van der Waals surface area (Å²) in [6.07, 6.45) is 3.42. The normalized spacial score (nSPS) is 13.5. The molecule has 0 amide bonds. The molecule has 1 N–H and O–H groups in total. The van der Waals surface area contributed by atoms with E-state index >= 15 is 0 Å². The van der Waals surface area contributed by atoms with E-state index in [1.165, 1.54) is 35.1 Å². The zero-order valence-corrected chi connectivity index (χ0v) is 17.4. The summed E-state index contributed by atoms with van der Waals surface area (Å²) >= 11 is 0. The van der Waals surface area contributed by atoms with E-state index in [1.54, 1.807) is 0 Å². The summed E-state index contributed by atoms with van der Waals surface area (Å²) in [5.74, 6) is 1.27. The molecule has 3 heteroatoms. The highest BCUT2D eigenvalue weighted by Gasteiger charge is 2.28. The van der Waals surface area contributed by atoms with E-state index < -0.39 is 0 Å². The number of aryl methyl sites for hydroxylation is 1. The number of benzene rings is 3. The third kappa shape index (κ3) is 3.52. The largest absolute Gasteiger partial charge is 0.370 e. The van der Waals surface area contributed by atoms with Gasteiger partial charge in [-0.05, 0) is 49.4 Å². The molecule has 0 fully saturated rings. The van der Waals surface area contributed by atoms with E-state index in [0.29, 0.717) is 0 Å². The number of rotatable bonds is 4. The smallest absolute Gasteiger partial charge is 0.133 e. The molecule has 3 nitrogen and oxygen atoms in total. The van der Waals surface area contributed by atoms with Gasteiger partial charge in [0.15, 0.2) is 0 Å². The van der Waals surface area contributed by atoms with Gasteiger partial charge in [0.1, 0.15) is 5.82 Å². The van der Waals surface area contributed by atoms with E-state index in [4.69, 9.17) is 5.10 Å². The number of hydrogen-bond donors (Lipinski definition) is 1. The Morgan fingerprint density at radius 2 is 1.43 bits per heavy atom. The standard InChI is InChI=1S/C27H27N3/c1-20-15-17-23(18-16-20)30-27-24(14-8-9-19-28-27)26(29-30)25(21-10-4-2-5-11-21)22-12-6-3-7-13-22/h2-7,10-13,15-18,25,28H,8-9,14,19H2,1H3. The lowest BCUT2D eigenvalue weighted by atomic mass is 9.86. The maximum atomic E-state index is 5.24. The van der Waals surface area contributed by atoms with Crippen LogP contribution in [0.1, 0.15) is 46.7 Å². The molecule has 4 aromatic rings. The van der Waals surface area contributed by atoms with Gasteiger partial charge in [-0.15, -0.1) is 0 Å². The third-order valence-corrected chi connectivity index (χ3v) is 5.98. The van der Waals surface area contributed by atoms with Crippen molar-refractivity contribution in [1.29, 1.82) is 0 Å². The van der Waals surface area contributed by atoms with Crippen molar-refractivity contribution in [2.45, 2.75) is 32.1 Å². The van der Waals surface area contributed by atoms with Gasteiger partial charge < -0.3 is 5.32 Å². The van der Waals surface area contributed by atoms with Gasteiger partial charge in [0.25, 0.3) is 0 Å². The maximum absolute atomic E-state index is 5.24. The minimum atomic E-state index is 0.118. The minimum Gasteiger partial charge on any atom is -0.370 e. The monoisotopic (exact) mass is 393 g/mol. The van der Waals surface area contributed by atoms with Gasteiger partial charge in [-0.3, -0.25) is 0 Å². The zero-order chi connectivity index (χ0) is 20.3. The van der Waals surface area contributed by atoms with E-state index in [2.05, 4.69) is 102 Å². The van der Waals surface area contributed by atoms with Crippen LogP contribution in [0, 0.1) is 6.92 Å². The van der Waals surface area contributed by atoms with E-state index in [0.717, 1.165) is 30.2 Å². The van der Waals surface area contributed by atoms with Crippen LogP contribution in [0.25, 0.3) is 5.69 Å². The van der Waals surface area contributed by atoms with Crippen molar-refractivity contribution in [1.82, 2.24) is 9.78 Å². The van der Waals surface area contributed by atoms with E-state index in [-0.39, 0.29) is 5.92 Å². The van der Waals surface area contributed by atoms with Crippen LogP contribution in [-0.2, 0) is 6.42 Å². The first-order chi connectivity index (χ1) is 14.8. The molecule has 0 atom stereocenters. The Morgan fingerprint density at radius 1 is 0.800 bits per heavy atom. The molecule has 1 aliphatic rings. The van der Waals surface area contributed by atoms with Crippen molar-refractivity contribution < 1.29 is 0 Å². The number of anilines is 1. The van der Waals surface area contributed by atoms with Crippen LogP contribution in [0.2, 0.25) is 0 Å². The van der Waals surface area contributed by atoms with Crippen molar-refractivity contribution in [3.05, 3.63) is 113 Å². The highest BCUT2D eigenvalue weighted by atomic mass is 15.3. The molecule has 0 saturated heterocycles. The maximum Gasteiger partial charge on any atom is 0.133 e. The second kappa shape index (κ2) is 8.19. The van der Waals surface area contributed by atoms with E-state index in [9.17, 15) is 0 Å². The molecule has 0 radical (unpaired) electrons. The van der Waals surface area contributed by atoms with Crippen molar-refractivity contribution in [3.63, 3.8) is 0 Å². The highest BCUT2D eigenvalue weighted by molar-refractivity contribution is 5.58. The Bertz CT molecular complexity index is 1070. The molecule has 5 rings (SSSR count). The number of nitrogens with zero attached hydrogens (tertiary/aromatic N) is 2. The van der Waals surface area contributed by atoms with E-state index in [1.807, 2.05) is 0 Å². The molecule has 30 heavy (non-hydrogen) atoms. The van der Waals surface area contributed by atoms with Gasteiger partial charge >= 0.3 is 0 Å². The summed E-state index contributed by atoms with van der Waals surface area (Å²) in [6, 6.07) is 30.2. The SMILES string of the molecule is Cc1ccc(-n2nc(C(c3ccccc3)c3ccccc3)c3c2NCCCC3)cc1. The van der Waals surface area contributed by atoms with Gasteiger partial charge in [0, 0.05) is 12.1 Å². The molecule has 1 aromatic heterocycles. The summed E-state index contributed by atoms with van der Waals surface area (Å²) < 4.78 is 2.12. The lowest BCUT2D eigenvalue weighted by Crippen LogP contribution is -2.08. The first-order valence-corrected chi connectivity index (χ1v) is 10.8. The molecule has 0 bridgehead atoms. The van der Waals surface area contributed by atoms with Crippen molar-refractivity contribution in [2.75, 3.05) is 11.9 Å². The summed E-state index contributed by atoms with van der Waals surface area (Å²) in [5.41, 5.74) is 7.45. The Hall–Kier alpha value is -3.33. The number of aromatic nitrogens is 2. The lowest BCUT2D eigenvalue weighted by Gasteiger charge is -2.18. The Morgan fingerprint density at radius 3 is 2.07 bits per heavy atom. The summed E-state index contributed by atoms with van der Waals surface area (Å²) in [5, 5.41) is 8.93. The summed E-state index contributed by atoms with van der Waals surface area (Å²) in [6.45, 7) is 3.11. The fraction of sp³-hybridized carbons (Fsp3) is 0.222. The van der Waals surface area contributed by atoms with Crippen LogP contribution in [0.15, 0.2) is 84.9 Å². The van der Waals surface area contributed by atoms with Crippen LogP contribution >= 0.6 is 0 Å². The van der Waals surface area contributed by atoms with Crippen LogP contribution in [0.3, 0.4) is 0 Å². The van der Waals surface area contributed by atoms with Gasteiger partial charge in [-0.2, -0.15) is 5.10 Å². The summed E-state index contributed by atoms with van der Waals surface area (Å²) in [7, 11) is 0. The number of hydrogen-bond acceptors (Lipinski definition) is 2. The molecule has 150 valence electrons. The fourth-order valence-corrected chi connectivity index (χ4v) is 4.43. The van der Waals surface area contributed by atoms with Gasteiger partial charge in [0.05, 0.1) is 17.3 Å². The predicted molar refractivity (Wildman–Crippen MR) is 124 cm³/mol. The van der Waals surface area contributed by atoms with Gasteiger partial charge in [0.2, 0.25) is 0 Å². The predicted octanol–water partition coefficient (Wildman–Crippen LogP) is 6.11. The minimum absolute atomic E-state index is 0.118. The van der Waals surface area contributed by atoms with Crippen LogP contribution in [-0.4, -0.2) is 16.3 Å². The van der Waals surface area contributed by atoms with Gasteiger partial charge in [-0.1, -0.05) is 78.4 Å². The quantitative estimate of drug-likeness (QED) is 0.453. The molecule has 3 aromatic carbocycles. The fourth-order valence-electron chi connectivity index (χ4n) is 4.43. The van der Waals surface area contributed by atoms with Crippen molar-refractivity contribution in [2.24, 2.45) is 0 Å². The Kier molecular flexibility index (Phi) is 5.10. The first kappa shape index (κ1) is 18.7. The molecule has 0 unspecified atom stereocenters.